The minimum absolute atomic E-state index is 0.0254. The number of aliphatic carboxylic acids is 1. The van der Waals surface area contributed by atoms with Crippen molar-refractivity contribution in [3.63, 3.8) is 0 Å². The summed E-state index contributed by atoms with van der Waals surface area (Å²) in [7, 11) is 0. The lowest BCUT2D eigenvalue weighted by Crippen LogP contribution is -2.36. The van der Waals surface area contributed by atoms with Gasteiger partial charge in [0.05, 0.1) is 6.42 Å². The predicted octanol–water partition coefficient (Wildman–Crippen LogP) is 2.86. The van der Waals surface area contributed by atoms with Crippen LogP contribution in [-0.4, -0.2) is 35.0 Å². The lowest BCUT2D eigenvalue weighted by molar-refractivity contribution is -0.137. The molecule has 1 aromatic carbocycles. The Bertz CT molecular complexity index is 460. The van der Waals surface area contributed by atoms with E-state index in [-0.39, 0.29) is 18.9 Å². The maximum Gasteiger partial charge on any atom is 0.305 e. The van der Waals surface area contributed by atoms with Crippen LogP contribution in [0.3, 0.4) is 0 Å². The molecule has 0 aliphatic rings. The molecule has 0 bridgehead atoms. The summed E-state index contributed by atoms with van der Waals surface area (Å²) in [6, 6.07) is 7.33. The first-order valence-electron chi connectivity index (χ1n) is 6.16. The highest BCUT2D eigenvalue weighted by Gasteiger charge is 2.17. The van der Waals surface area contributed by atoms with Crippen LogP contribution in [0.2, 0.25) is 0 Å². The molecule has 4 nitrogen and oxygen atoms in total. The largest absolute Gasteiger partial charge is 0.481 e. The molecule has 104 valence electrons. The van der Waals surface area contributed by atoms with Gasteiger partial charge in [0.2, 0.25) is 0 Å². The third-order valence-electron chi connectivity index (χ3n) is 2.54. The molecule has 0 heterocycles. The molecule has 0 saturated heterocycles. The molecular formula is C14H18INO3. The number of rotatable bonds is 6. The zero-order valence-corrected chi connectivity index (χ0v) is 13.3. The summed E-state index contributed by atoms with van der Waals surface area (Å²) in [5.74, 6) is -0.682. The zero-order chi connectivity index (χ0) is 14.4. The maximum atomic E-state index is 12.4. The minimum Gasteiger partial charge on any atom is -0.481 e. The van der Waals surface area contributed by atoms with Gasteiger partial charge in [-0.1, -0.05) is 19.9 Å². The topological polar surface area (TPSA) is 57.6 Å². The second kappa shape index (κ2) is 7.47. The van der Waals surface area contributed by atoms with Crippen molar-refractivity contribution in [1.82, 2.24) is 4.90 Å². The molecule has 0 fully saturated rings. The average Bonchev–Trinajstić information content (AvgIpc) is 2.33. The molecule has 1 N–H and O–H groups in total. The standard InChI is InChI=1S/C14H18INO3/c1-10(2)9-16(7-6-13(17)18)14(19)11-4-3-5-12(15)8-11/h3-5,8,10H,6-7,9H2,1-2H3,(H,17,18). The van der Waals surface area contributed by atoms with Gasteiger partial charge in [-0.2, -0.15) is 0 Å². The Morgan fingerprint density at radius 3 is 2.58 bits per heavy atom. The summed E-state index contributed by atoms with van der Waals surface area (Å²) in [5.41, 5.74) is 0.609. The van der Waals surface area contributed by atoms with Gasteiger partial charge in [0, 0.05) is 22.2 Å². The van der Waals surface area contributed by atoms with Crippen molar-refractivity contribution >= 4 is 34.5 Å². The van der Waals surface area contributed by atoms with Crippen LogP contribution in [0, 0.1) is 9.49 Å². The second-order valence-electron chi connectivity index (χ2n) is 4.80. The molecule has 0 aliphatic heterocycles. The zero-order valence-electron chi connectivity index (χ0n) is 11.1. The van der Waals surface area contributed by atoms with Crippen LogP contribution in [0.5, 0.6) is 0 Å². The van der Waals surface area contributed by atoms with Gasteiger partial charge in [-0.3, -0.25) is 9.59 Å². The molecule has 0 spiro atoms. The molecule has 1 amide bonds. The summed E-state index contributed by atoms with van der Waals surface area (Å²) in [6.07, 6.45) is -0.0254. The molecule has 0 aliphatic carbocycles. The number of amides is 1. The van der Waals surface area contributed by atoms with E-state index in [2.05, 4.69) is 22.6 Å². The summed E-state index contributed by atoms with van der Waals surface area (Å²) in [4.78, 5) is 24.7. The second-order valence-corrected chi connectivity index (χ2v) is 6.04. The van der Waals surface area contributed by atoms with E-state index in [0.717, 1.165) is 3.57 Å². The van der Waals surface area contributed by atoms with E-state index >= 15 is 0 Å². The number of carboxylic acid groups (broad SMARTS) is 1. The molecule has 1 rings (SSSR count). The Balaban J connectivity index is 2.83. The van der Waals surface area contributed by atoms with Gasteiger partial charge in [-0.05, 0) is 46.7 Å². The van der Waals surface area contributed by atoms with Crippen molar-refractivity contribution in [2.45, 2.75) is 20.3 Å². The highest BCUT2D eigenvalue weighted by atomic mass is 127. The molecule has 19 heavy (non-hydrogen) atoms. The van der Waals surface area contributed by atoms with E-state index in [0.29, 0.717) is 18.0 Å². The van der Waals surface area contributed by atoms with Crippen LogP contribution in [-0.2, 0) is 4.79 Å². The van der Waals surface area contributed by atoms with Crippen molar-refractivity contribution in [2.24, 2.45) is 5.92 Å². The van der Waals surface area contributed by atoms with Crippen molar-refractivity contribution in [3.05, 3.63) is 33.4 Å². The van der Waals surface area contributed by atoms with Gasteiger partial charge >= 0.3 is 5.97 Å². The Labute approximate surface area is 126 Å². The third kappa shape index (κ3) is 5.59. The van der Waals surface area contributed by atoms with Crippen LogP contribution < -0.4 is 0 Å². The van der Waals surface area contributed by atoms with Gasteiger partial charge in [-0.25, -0.2) is 0 Å². The van der Waals surface area contributed by atoms with E-state index in [9.17, 15) is 9.59 Å². The van der Waals surface area contributed by atoms with E-state index in [1.54, 1.807) is 11.0 Å². The fourth-order valence-corrected chi connectivity index (χ4v) is 2.29. The van der Waals surface area contributed by atoms with Crippen molar-refractivity contribution < 1.29 is 14.7 Å². The number of nitrogens with zero attached hydrogens (tertiary/aromatic N) is 1. The number of hydrogen-bond acceptors (Lipinski definition) is 2. The summed E-state index contributed by atoms with van der Waals surface area (Å²) >= 11 is 2.15. The first kappa shape index (κ1) is 15.9. The van der Waals surface area contributed by atoms with E-state index in [1.165, 1.54) is 0 Å². The SMILES string of the molecule is CC(C)CN(CCC(=O)O)C(=O)c1cccc(I)c1. The first-order chi connectivity index (χ1) is 8.90. The lowest BCUT2D eigenvalue weighted by atomic mass is 10.1. The van der Waals surface area contributed by atoms with Gasteiger partial charge in [0.15, 0.2) is 0 Å². The van der Waals surface area contributed by atoms with Crippen molar-refractivity contribution in [1.29, 1.82) is 0 Å². The highest BCUT2D eigenvalue weighted by Crippen LogP contribution is 2.12. The monoisotopic (exact) mass is 375 g/mol. The predicted molar refractivity (Wildman–Crippen MR) is 82.2 cm³/mol. The summed E-state index contributed by atoms with van der Waals surface area (Å²) in [6.45, 7) is 4.83. The van der Waals surface area contributed by atoms with E-state index in [1.807, 2.05) is 32.0 Å². The van der Waals surface area contributed by atoms with Crippen molar-refractivity contribution in [2.75, 3.05) is 13.1 Å². The van der Waals surface area contributed by atoms with Crippen LogP contribution in [0.4, 0.5) is 0 Å². The van der Waals surface area contributed by atoms with Gasteiger partial charge in [0.25, 0.3) is 5.91 Å². The molecule has 0 atom stereocenters. The van der Waals surface area contributed by atoms with Crippen LogP contribution in [0.15, 0.2) is 24.3 Å². The average molecular weight is 375 g/mol. The highest BCUT2D eigenvalue weighted by molar-refractivity contribution is 14.1. The van der Waals surface area contributed by atoms with Crippen LogP contribution in [0.1, 0.15) is 30.6 Å². The minimum atomic E-state index is -0.885. The van der Waals surface area contributed by atoms with Gasteiger partial charge < -0.3 is 10.0 Å². The van der Waals surface area contributed by atoms with Crippen LogP contribution >= 0.6 is 22.6 Å². The Kier molecular flexibility index (Phi) is 6.27. The van der Waals surface area contributed by atoms with E-state index in [4.69, 9.17) is 5.11 Å². The fraction of sp³-hybridized carbons (Fsp3) is 0.429. The van der Waals surface area contributed by atoms with Crippen LogP contribution in [0.25, 0.3) is 0 Å². The fourth-order valence-electron chi connectivity index (χ4n) is 1.75. The van der Waals surface area contributed by atoms with Gasteiger partial charge in [0.1, 0.15) is 0 Å². The smallest absolute Gasteiger partial charge is 0.305 e. The van der Waals surface area contributed by atoms with Gasteiger partial charge in [-0.15, -0.1) is 0 Å². The Morgan fingerprint density at radius 1 is 1.37 bits per heavy atom. The molecule has 0 saturated carbocycles. The molecule has 0 radical (unpaired) electrons. The lowest BCUT2D eigenvalue weighted by Gasteiger charge is -2.24. The number of halogens is 1. The van der Waals surface area contributed by atoms with Crippen molar-refractivity contribution in [3.8, 4) is 0 Å². The Hall–Kier alpha value is -1.11. The molecule has 0 unspecified atom stereocenters. The quantitative estimate of drug-likeness (QED) is 0.778. The number of benzene rings is 1. The number of carboxylic acids is 1. The molecule has 0 aromatic heterocycles. The van der Waals surface area contributed by atoms with E-state index < -0.39 is 5.97 Å². The normalized spacial score (nSPS) is 10.5. The molecular weight excluding hydrogens is 357 g/mol. The maximum absolute atomic E-state index is 12.4. The number of hydrogen-bond donors (Lipinski definition) is 1. The summed E-state index contributed by atoms with van der Waals surface area (Å²) < 4.78 is 0.992. The summed E-state index contributed by atoms with van der Waals surface area (Å²) in [5, 5.41) is 8.75. The number of carbonyl (C=O) groups excluding carboxylic acids is 1. The molecule has 1 aromatic rings. The number of carbonyl (C=O) groups is 2. The first-order valence-corrected chi connectivity index (χ1v) is 7.24. The third-order valence-corrected chi connectivity index (χ3v) is 3.21. The Morgan fingerprint density at radius 2 is 2.05 bits per heavy atom. The molecule has 5 heteroatoms.